The summed E-state index contributed by atoms with van der Waals surface area (Å²) in [5.74, 6) is 1.32. The van der Waals surface area contributed by atoms with Gasteiger partial charge in [0.25, 0.3) is 5.91 Å². The molecule has 1 aliphatic rings. The van der Waals surface area contributed by atoms with Gasteiger partial charge in [-0.05, 0) is 44.0 Å². The molecular weight excluding hydrogens is 406 g/mol. The molecule has 0 bridgehead atoms. The molecule has 5 nitrogen and oxygen atoms in total. The first-order chi connectivity index (χ1) is 13.1. The number of nitrogens with zero attached hydrogens (tertiary/aromatic N) is 3. The highest BCUT2D eigenvalue weighted by Crippen LogP contribution is 2.28. The number of carbonyl (C=O) groups excluding carboxylic acids is 1. The van der Waals surface area contributed by atoms with E-state index in [9.17, 15) is 4.79 Å². The molecular formula is C21H20BrN3O2. The van der Waals surface area contributed by atoms with Crippen LogP contribution in [-0.4, -0.2) is 34.0 Å². The number of carbonyl (C=O) groups is 1. The first kappa shape index (κ1) is 17.9. The molecule has 0 saturated carbocycles. The van der Waals surface area contributed by atoms with Gasteiger partial charge in [0, 0.05) is 28.7 Å². The molecule has 1 fully saturated rings. The SMILES string of the molecule is Cc1cccc(-c2noc(C3CCCN(C(=O)c4cccc(Br)c4)C3)n2)c1. The van der Waals surface area contributed by atoms with E-state index in [0.717, 1.165) is 35.0 Å². The fourth-order valence-corrected chi connectivity index (χ4v) is 3.87. The van der Waals surface area contributed by atoms with Gasteiger partial charge in [-0.15, -0.1) is 0 Å². The Morgan fingerprint density at radius 1 is 1.22 bits per heavy atom. The molecule has 2 heterocycles. The zero-order valence-corrected chi connectivity index (χ0v) is 16.6. The third-order valence-corrected chi connectivity index (χ3v) is 5.34. The lowest BCUT2D eigenvalue weighted by Gasteiger charge is -2.31. The average molecular weight is 426 g/mol. The van der Waals surface area contributed by atoms with Crippen LogP contribution in [0.4, 0.5) is 0 Å². The molecule has 0 radical (unpaired) electrons. The number of benzene rings is 2. The third-order valence-electron chi connectivity index (χ3n) is 4.85. The van der Waals surface area contributed by atoms with Gasteiger partial charge in [-0.1, -0.05) is 50.9 Å². The molecule has 4 rings (SSSR count). The molecule has 0 N–H and O–H groups in total. The molecule has 1 aliphatic heterocycles. The summed E-state index contributed by atoms with van der Waals surface area (Å²) in [5, 5.41) is 4.15. The Bertz CT molecular complexity index is 969. The summed E-state index contributed by atoms with van der Waals surface area (Å²) in [5.41, 5.74) is 2.79. The molecule has 3 aromatic rings. The lowest BCUT2D eigenvalue weighted by atomic mass is 9.97. The number of piperidine rings is 1. The second kappa shape index (κ2) is 7.64. The number of likely N-dealkylation sites (tertiary alicyclic amines) is 1. The average Bonchev–Trinajstić information content (AvgIpc) is 3.18. The lowest BCUT2D eigenvalue weighted by molar-refractivity contribution is 0.0695. The van der Waals surface area contributed by atoms with E-state index in [1.165, 1.54) is 0 Å². The van der Waals surface area contributed by atoms with Crippen LogP contribution in [0.25, 0.3) is 11.4 Å². The summed E-state index contributed by atoms with van der Waals surface area (Å²) in [6.07, 6.45) is 1.87. The minimum Gasteiger partial charge on any atom is -0.339 e. The molecule has 138 valence electrons. The van der Waals surface area contributed by atoms with Crippen molar-refractivity contribution < 1.29 is 9.32 Å². The maximum absolute atomic E-state index is 12.8. The van der Waals surface area contributed by atoms with Crippen LogP contribution in [0.2, 0.25) is 0 Å². The van der Waals surface area contributed by atoms with Crippen molar-refractivity contribution in [3.63, 3.8) is 0 Å². The van der Waals surface area contributed by atoms with E-state index >= 15 is 0 Å². The van der Waals surface area contributed by atoms with Crippen molar-refractivity contribution in [1.82, 2.24) is 15.0 Å². The minimum absolute atomic E-state index is 0.0411. The van der Waals surface area contributed by atoms with Gasteiger partial charge in [0.2, 0.25) is 11.7 Å². The molecule has 1 amide bonds. The van der Waals surface area contributed by atoms with Gasteiger partial charge in [-0.2, -0.15) is 4.98 Å². The summed E-state index contributed by atoms with van der Waals surface area (Å²) in [6, 6.07) is 15.5. The highest BCUT2D eigenvalue weighted by Gasteiger charge is 2.29. The quantitative estimate of drug-likeness (QED) is 0.602. The molecule has 0 aliphatic carbocycles. The van der Waals surface area contributed by atoms with Gasteiger partial charge in [0.15, 0.2) is 0 Å². The standard InChI is InChI=1S/C21H20BrN3O2/c1-14-5-2-6-15(11-14)19-23-20(27-24-19)17-8-4-10-25(13-17)21(26)16-7-3-9-18(22)12-16/h2-3,5-7,9,11-12,17H,4,8,10,13H2,1H3. The lowest BCUT2D eigenvalue weighted by Crippen LogP contribution is -2.39. The van der Waals surface area contributed by atoms with Crippen LogP contribution in [-0.2, 0) is 0 Å². The van der Waals surface area contributed by atoms with E-state index in [-0.39, 0.29) is 11.8 Å². The Morgan fingerprint density at radius 3 is 2.89 bits per heavy atom. The van der Waals surface area contributed by atoms with Gasteiger partial charge in [-0.3, -0.25) is 4.79 Å². The zero-order valence-electron chi connectivity index (χ0n) is 15.1. The highest BCUT2D eigenvalue weighted by atomic mass is 79.9. The van der Waals surface area contributed by atoms with Crippen LogP contribution >= 0.6 is 15.9 Å². The van der Waals surface area contributed by atoms with Crippen molar-refractivity contribution in [2.45, 2.75) is 25.7 Å². The van der Waals surface area contributed by atoms with E-state index in [1.807, 2.05) is 60.4 Å². The van der Waals surface area contributed by atoms with Gasteiger partial charge in [-0.25, -0.2) is 0 Å². The van der Waals surface area contributed by atoms with Gasteiger partial charge in [0.1, 0.15) is 0 Å². The normalized spacial score (nSPS) is 17.1. The first-order valence-electron chi connectivity index (χ1n) is 9.05. The third kappa shape index (κ3) is 3.95. The van der Waals surface area contributed by atoms with E-state index in [2.05, 4.69) is 26.1 Å². The fraction of sp³-hybridized carbons (Fsp3) is 0.286. The Labute approximate surface area is 166 Å². The number of rotatable bonds is 3. The molecule has 27 heavy (non-hydrogen) atoms. The number of hydrogen-bond acceptors (Lipinski definition) is 4. The van der Waals surface area contributed by atoms with Crippen molar-refractivity contribution in [3.8, 4) is 11.4 Å². The van der Waals surface area contributed by atoms with Crippen LogP contribution < -0.4 is 0 Å². The molecule has 1 saturated heterocycles. The maximum Gasteiger partial charge on any atom is 0.253 e. The Morgan fingerprint density at radius 2 is 2.07 bits per heavy atom. The number of aryl methyl sites for hydroxylation is 1. The van der Waals surface area contributed by atoms with E-state index in [4.69, 9.17) is 4.52 Å². The number of aromatic nitrogens is 2. The van der Waals surface area contributed by atoms with E-state index in [0.29, 0.717) is 23.8 Å². The van der Waals surface area contributed by atoms with Crippen LogP contribution in [0.1, 0.15) is 40.6 Å². The van der Waals surface area contributed by atoms with Gasteiger partial charge < -0.3 is 9.42 Å². The maximum atomic E-state index is 12.8. The number of hydrogen-bond donors (Lipinski definition) is 0. The zero-order chi connectivity index (χ0) is 18.8. The highest BCUT2D eigenvalue weighted by molar-refractivity contribution is 9.10. The van der Waals surface area contributed by atoms with Crippen LogP contribution in [0.3, 0.4) is 0 Å². The second-order valence-corrected chi connectivity index (χ2v) is 7.84. The Balaban J connectivity index is 1.51. The fourth-order valence-electron chi connectivity index (χ4n) is 3.47. The van der Waals surface area contributed by atoms with Crippen LogP contribution in [0, 0.1) is 6.92 Å². The van der Waals surface area contributed by atoms with Gasteiger partial charge in [0.05, 0.1) is 5.92 Å². The van der Waals surface area contributed by atoms with Crippen molar-refractivity contribution in [2.24, 2.45) is 0 Å². The summed E-state index contributed by atoms with van der Waals surface area (Å²) < 4.78 is 6.45. The Kier molecular flexibility index (Phi) is 5.07. The number of amides is 1. The smallest absolute Gasteiger partial charge is 0.253 e. The monoisotopic (exact) mass is 425 g/mol. The predicted molar refractivity (Wildman–Crippen MR) is 106 cm³/mol. The summed E-state index contributed by atoms with van der Waals surface area (Å²) in [6.45, 7) is 3.39. The van der Waals surface area contributed by atoms with Crippen molar-refractivity contribution >= 4 is 21.8 Å². The van der Waals surface area contributed by atoms with E-state index in [1.54, 1.807) is 0 Å². The predicted octanol–water partition coefficient (Wildman–Crippen LogP) is 4.83. The summed E-state index contributed by atoms with van der Waals surface area (Å²) in [7, 11) is 0. The van der Waals surface area contributed by atoms with Crippen LogP contribution in [0.5, 0.6) is 0 Å². The second-order valence-electron chi connectivity index (χ2n) is 6.93. The van der Waals surface area contributed by atoms with Crippen molar-refractivity contribution in [2.75, 3.05) is 13.1 Å². The van der Waals surface area contributed by atoms with Crippen molar-refractivity contribution in [3.05, 3.63) is 70.0 Å². The van der Waals surface area contributed by atoms with Crippen molar-refractivity contribution in [1.29, 1.82) is 0 Å². The summed E-state index contributed by atoms with van der Waals surface area (Å²) >= 11 is 3.43. The molecule has 2 aromatic carbocycles. The molecule has 1 aromatic heterocycles. The molecule has 1 unspecified atom stereocenters. The van der Waals surface area contributed by atoms with Gasteiger partial charge >= 0.3 is 0 Å². The molecule has 0 spiro atoms. The van der Waals surface area contributed by atoms with E-state index < -0.39 is 0 Å². The van der Waals surface area contributed by atoms with Crippen LogP contribution in [0.15, 0.2) is 57.5 Å². The number of halogens is 1. The minimum atomic E-state index is 0.0411. The first-order valence-corrected chi connectivity index (χ1v) is 9.85. The summed E-state index contributed by atoms with van der Waals surface area (Å²) in [4.78, 5) is 19.3. The molecule has 6 heteroatoms. The topological polar surface area (TPSA) is 59.2 Å². The molecule has 1 atom stereocenters. The Hall–Kier alpha value is -2.47. The largest absolute Gasteiger partial charge is 0.339 e.